The summed E-state index contributed by atoms with van der Waals surface area (Å²) in [7, 11) is 0. The lowest BCUT2D eigenvalue weighted by molar-refractivity contribution is 0.197. The summed E-state index contributed by atoms with van der Waals surface area (Å²) in [6, 6.07) is 21.8. The van der Waals surface area contributed by atoms with Crippen molar-refractivity contribution in [3.05, 3.63) is 93.8 Å². The zero-order chi connectivity index (χ0) is 20.8. The molecule has 0 bridgehead atoms. The van der Waals surface area contributed by atoms with Crippen LogP contribution in [0.25, 0.3) is 38.9 Å². The van der Waals surface area contributed by atoms with Gasteiger partial charge in [0.05, 0.1) is 22.1 Å². The molecular formula is C23H14BrN3O3. The van der Waals surface area contributed by atoms with Crippen molar-refractivity contribution < 1.29 is 9.90 Å². The lowest BCUT2D eigenvalue weighted by atomic mass is 10.1. The van der Waals surface area contributed by atoms with Crippen molar-refractivity contribution in [2.45, 2.75) is 0 Å². The van der Waals surface area contributed by atoms with E-state index in [0.717, 1.165) is 20.0 Å². The number of aromatic nitrogens is 3. The Labute approximate surface area is 178 Å². The molecular weight excluding hydrogens is 446 g/mol. The third-order valence-electron chi connectivity index (χ3n) is 5.02. The quantitative estimate of drug-likeness (QED) is 0.388. The maximum atomic E-state index is 13.4. The fourth-order valence-corrected chi connectivity index (χ4v) is 3.87. The lowest BCUT2D eigenvalue weighted by Crippen LogP contribution is -2.21. The third-order valence-corrected chi connectivity index (χ3v) is 5.54. The number of hydrogen-bond acceptors (Lipinski definition) is 3. The average Bonchev–Trinajstić information content (AvgIpc) is 3.18. The Morgan fingerprint density at radius 2 is 1.73 bits per heavy atom. The van der Waals surface area contributed by atoms with E-state index in [1.54, 1.807) is 28.8 Å². The van der Waals surface area contributed by atoms with Gasteiger partial charge in [-0.2, -0.15) is 0 Å². The van der Waals surface area contributed by atoms with Gasteiger partial charge in [0.15, 0.2) is 0 Å². The second-order valence-electron chi connectivity index (χ2n) is 6.81. The van der Waals surface area contributed by atoms with E-state index in [1.165, 1.54) is 6.20 Å². The van der Waals surface area contributed by atoms with Crippen molar-refractivity contribution in [3.63, 3.8) is 0 Å². The molecule has 3 aromatic carbocycles. The number of benzene rings is 3. The van der Waals surface area contributed by atoms with Gasteiger partial charge in [-0.1, -0.05) is 28.1 Å². The maximum Gasteiger partial charge on any atom is 0.415 e. The number of halogens is 1. The van der Waals surface area contributed by atoms with Crippen LogP contribution >= 0.6 is 15.9 Å². The Hall–Kier alpha value is -3.71. The van der Waals surface area contributed by atoms with Crippen molar-refractivity contribution in [1.82, 2.24) is 14.1 Å². The van der Waals surface area contributed by atoms with Crippen LogP contribution in [-0.4, -0.2) is 25.3 Å². The molecule has 2 aromatic heterocycles. The van der Waals surface area contributed by atoms with Crippen molar-refractivity contribution in [1.29, 1.82) is 0 Å². The van der Waals surface area contributed by atoms with Gasteiger partial charge in [-0.15, -0.1) is 0 Å². The zero-order valence-electron chi connectivity index (χ0n) is 15.5. The Morgan fingerprint density at radius 1 is 0.967 bits per heavy atom. The van der Waals surface area contributed by atoms with Crippen LogP contribution in [0, 0.1) is 0 Å². The van der Waals surface area contributed by atoms with E-state index in [4.69, 9.17) is 4.98 Å². The molecule has 0 amide bonds. The van der Waals surface area contributed by atoms with E-state index in [2.05, 4.69) is 15.9 Å². The van der Waals surface area contributed by atoms with E-state index in [-0.39, 0.29) is 5.56 Å². The molecule has 5 rings (SSSR count). The van der Waals surface area contributed by atoms with E-state index in [1.807, 2.05) is 48.5 Å². The summed E-state index contributed by atoms with van der Waals surface area (Å²) in [5.41, 5.74) is 2.43. The van der Waals surface area contributed by atoms with Crippen LogP contribution in [0.2, 0.25) is 0 Å². The van der Waals surface area contributed by atoms with E-state index in [9.17, 15) is 14.7 Å². The van der Waals surface area contributed by atoms with Gasteiger partial charge in [-0.05, 0) is 60.7 Å². The number of carbonyl (C=O) groups is 1. The van der Waals surface area contributed by atoms with Crippen LogP contribution < -0.4 is 5.56 Å². The first-order chi connectivity index (χ1) is 14.5. The highest BCUT2D eigenvalue weighted by Gasteiger charge is 2.16. The first-order valence-corrected chi connectivity index (χ1v) is 9.95. The molecule has 2 heterocycles. The number of carboxylic acid groups (broad SMARTS) is 1. The van der Waals surface area contributed by atoms with Crippen molar-refractivity contribution >= 4 is 43.8 Å². The predicted molar refractivity (Wildman–Crippen MR) is 119 cm³/mol. The van der Waals surface area contributed by atoms with Gasteiger partial charge in [0.2, 0.25) is 0 Å². The minimum Gasteiger partial charge on any atom is -0.464 e. The van der Waals surface area contributed by atoms with Gasteiger partial charge in [0, 0.05) is 21.6 Å². The molecule has 1 N–H and O–H groups in total. The molecule has 7 heteroatoms. The molecule has 0 unspecified atom stereocenters. The Balaban J connectivity index is 1.82. The molecule has 0 radical (unpaired) electrons. The molecule has 146 valence electrons. The maximum absolute atomic E-state index is 13.4. The Morgan fingerprint density at radius 3 is 2.50 bits per heavy atom. The second-order valence-corrected chi connectivity index (χ2v) is 7.73. The Kier molecular flexibility index (Phi) is 4.25. The monoisotopic (exact) mass is 459 g/mol. The molecule has 0 saturated heterocycles. The summed E-state index contributed by atoms with van der Waals surface area (Å²) < 4.78 is 3.66. The summed E-state index contributed by atoms with van der Waals surface area (Å²) in [5.74, 6) is 0.492. The highest BCUT2D eigenvalue weighted by atomic mass is 79.9. The fraction of sp³-hybridized carbons (Fsp3) is 0. The molecule has 0 saturated carbocycles. The van der Waals surface area contributed by atoms with Crippen LogP contribution in [0.5, 0.6) is 0 Å². The van der Waals surface area contributed by atoms with Gasteiger partial charge >= 0.3 is 6.09 Å². The van der Waals surface area contributed by atoms with Crippen LogP contribution in [0.3, 0.4) is 0 Å². The summed E-state index contributed by atoms with van der Waals surface area (Å²) >= 11 is 3.43. The van der Waals surface area contributed by atoms with E-state index in [0.29, 0.717) is 27.9 Å². The molecule has 0 atom stereocenters. The highest BCUT2D eigenvalue weighted by Crippen LogP contribution is 2.27. The number of rotatable bonds is 2. The van der Waals surface area contributed by atoms with E-state index >= 15 is 0 Å². The van der Waals surface area contributed by atoms with Gasteiger partial charge < -0.3 is 5.11 Å². The normalized spacial score (nSPS) is 11.2. The highest BCUT2D eigenvalue weighted by molar-refractivity contribution is 9.10. The molecule has 0 spiro atoms. The summed E-state index contributed by atoms with van der Waals surface area (Å²) in [6.07, 6.45) is 0.459. The second kappa shape index (κ2) is 6.96. The van der Waals surface area contributed by atoms with Crippen molar-refractivity contribution in [2.75, 3.05) is 0 Å². The van der Waals surface area contributed by atoms with Crippen LogP contribution in [0.4, 0.5) is 4.79 Å². The molecule has 0 aliphatic carbocycles. The largest absolute Gasteiger partial charge is 0.464 e. The minimum absolute atomic E-state index is 0.166. The molecule has 0 aliphatic rings. The first kappa shape index (κ1) is 18.3. The standard InChI is InChI=1S/C23H14BrN3O3/c24-16-6-8-17(9-7-16)27-21(25-19-4-2-1-3-18(19)22(27)28)15-5-10-20-14(13-15)11-12-26(20)23(29)30/h1-13H,(H,29,30). The van der Waals surface area contributed by atoms with Gasteiger partial charge in [0.1, 0.15) is 5.82 Å². The van der Waals surface area contributed by atoms with Crippen molar-refractivity contribution in [2.24, 2.45) is 0 Å². The van der Waals surface area contributed by atoms with Gasteiger partial charge in [-0.3, -0.25) is 13.9 Å². The number of hydrogen-bond donors (Lipinski definition) is 1. The Bertz CT molecular complexity index is 1500. The average molecular weight is 460 g/mol. The molecule has 5 aromatic rings. The predicted octanol–water partition coefficient (Wildman–Crippen LogP) is 5.30. The summed E-state index contributed by atoms with van der Waals surface area (Å²) in [6.45, 7) is 0. The van der Waals surface area contributed by atoms with Crippen molar-refractivity contribution in [3.8, 4) is 17.1 Å². The fourth-order valence-electron chi connectivity index (χ4n) is 3.60. The molecule has 0 fully saturated rings. The molecule has 0 aliphatic heterocycles. The number of nitrogens with zero attached hydrogens (tertiary/aromatic N) is 3. The molecule has 30 heavy (non-hydrogen) atoms. The topological polar surface area (TPSA) is 77.1 Å². The SMILES string of the molecule is O=C(O)n1ccc2cc(-c3nc4ccccc4c(=O)n3-c3ccc(Br)cc3)ccc21. The smallest absolute Gasteiger partial charge is 0.415 e. The number of para-hydroxylation sites is 1. The molecule has 6 nitrogen and oxygen atoms in total. The van der Waals surface area contributed by atoms with Crippen LogP contribution in [0.15, 0.2) is 88.3 Å². The summed E-state index contributed by atoms with van der Waals surface area (Å²) in [5, 5.41) is 10.6. The van der Waals surface area contributed by atoms with Gasteiger partial charge in [-0.25, -0.2) is 9.78 Å². The first-order valence-electron chi connectivity index (χ1n) is 9.15. The van der Waals surface area contributed by atoms with Crippen LogP contribution in [0.1, 0.15) is 0 Å². The minimum atomic E-state index is -1.05. The van der Waals surface area contributed by atoms with E-state index < -0.39 is 6.09 Å². The lowest BCUT2D eigenvalue weighted by Gasteiger charge is -2.14. The third kappa shape index (κ3) is 2.91. The summed E-state index contributed by atoms with van der Waals surface area (Å²) in [4.78, 5) is 29.6. The number of fused-ring (bicyclic) bond motifs is 2. The van der Waals surface area contributed by atoms with Gasteiger partial charge in [0.25, 0.3) is 5.56 Å². The zero-order valence-corrected chi connectivity index (χ0v) is 17.1. The van der Waals surface area contributed by atoms with Crippen LogP contribution in [-0.2, 0) is 0 Å².